The molecule has 36 heavy (non-hydrogen) atoms. The number of anilines is 1. The van der Waals surface area contributed by atoms with Crippen molar-refractivity contribution in [1.29, 1.82) is 0 Å². The van der Waals surface area contributed by atoms with E-state index < -0.39 is 39.8 Å². The highest BCUT2D eigenvalue weighted by Crippen LogP contribution is 2.23. The van der Waals surface area contributed by atoms with E-state index in [0.717, 1.165) is 28.6 Å². The number of nitrogens with one attached hydrogen (secondary N) is 2. The van der Waals surface area contributed by atoms with Gasteiger partial charge in [0, 0.05) is 39.0 Å². The Morgan fingerprint density at radius 1 is 1.03 bits per heavy atom. The molecule has 1 saturated heterocycles. The van der Waals surface area contributed by atoms with Gasteiger partial charge in [-0.3, -0.25) is 4.79 Å². The standard InChI is InChI=1S/C23H27FN4O7S/c1-34-14-11-25-21(29)20-15-27(23(31)26-18-7-3-16(4-8-18)22(30)35-2)12-13-28(20)36(32,33)19-9-5-17(24)6-10-19/h3-10,20H,11-15H2,1-2H3,(H,25,29)(H,26,31). The topological polar surface area (TPSA) is 134 Å². The van der Waals surface area contributed by atoms with Crippen molar-refractivity contribution in [2.75, 3.05) is 52.3 Å². The lowest BCUT2D eigenvalue weighted by Crippen LogP contribution is -2.62. The van der Waals surface area contributed by atoms with Gasteiger partial charge in [-0.25, -0.2) is 22.4 Å². The van der Waals surface area contributed by atoms with Crippen LogP contribution >= 0.6 is 0 Å². The van der Waals surface area contributed by atoms with Gasteiger partial charge >= 0.3 is 12.0 Å². The zero-order valence-corrected chi connectivity index (χ0v) is 20.6. The third kappa shape index (κ3) is 6.36. The minimum Gasteiger partial charge on any atom is -0.465 e. The van der Waals surface area contributed by atoms with Gasteiger partial charge < -0.3 is 25.0 Å². The molecule has 3 amide bonds. The molecule has 0 aliphatic carbocycles. The molecule has 1 aliphatic heterocycles. The van der Waals surface area contributed by atoms with E-state index in [1.807, 2.05) is 0 Å². The largest absolute Gasteiger partial charge is 0.465 e. The van der Waals surface area contributed by atoms with Gasteiger partial charge in [0.15, 0.2) is 0 Å². The maximum atomic E-state index is 13.3. The maximum Gasteiger partial charge on any atom is 0.337 e. The number of ether oxygens (including phenoxy) is 2. The molecule has 194 valence electrons. The first-order valence-corrected chi connectivity index (χ1v) is 12.4. The second-order valence-corrected chi connectivity index (χ2v) is 9.70. The van der Waals surface area contributed by atoms with Gasteiger partial charge in [0.25, 0.3) is 0 Å². The summed E-state index contributed by atoms with van der Waals surface area (Å²) in [4.78, 5) is 38.6. The van der Waals surface area contributed by atoms with E-state index in [1.165, 1.54) is 43.4 Å². The summed E-state index contributed by atoms with van der Waals surface area (Å²) >= 11 is 0. The second kappa shape index (κ2) is 11.9. The van der Waals surface area contributed by atoms with Crippen molar-refractivity contribution in [1.82, 2.24) is 14.5 Å². The van der Waals surface area contributed by atoms with Crippen LogP contribution in [0.3, 0.4) is 0 Å². The van der Waals surface area contributed by atoms with E-state index >= 15 is 0 Å². The number of carbonyl (C=O) groups is 3. The number of sulfonamides is 1. The van der Waals surface area contributed by atoms with E-state index in [2.05, 4.69) is 15.4 Å². The summed E-state index contributed by atoms with van der Waals surface area (Å²) in [5.41, 5.74) is 0.706. The van der Waals surface area contributed by atoms with Crippen LogP contribution in [0.15, 0.2) is 53.4 Å². The first-order valence-electron chi connectivity index (χ1n) is 11.0. The molecule has 0 radical (unpaired) electrons. The lowest BCUT2D eigenvalue weighted by Gasteiger charge is -2.39. The highest BCUT2D eigenvalue weighted by molar-refractivity contribution is 7.89. The number of halogens is 1. The fraction of sp³-hybridized carbons (Fsp3) is 0.348. The first-order chi connectivity index (χ1) is 17.2. The summed E-state index contributed by atoms with van der Waals surface area (Å²) < 4.78 is 50.4. The number of hydrogen-bond acceptors (Lipinski definition) is 7. The number of piperazine rings is 1. The Balaban J connectivity index is 1.78. The van der Waals surface area contributed by atoms with Crippen molar-refractivity contribution >= 4 is 33.6 Å². The van der Waals surface area contributed by atoms with Crippen molar-refractivity contribution in [3.8, 4) is 0 Å². The molecule has 1 heterocycles. The summed E-state index contributed by atoms with van der Waals surface area (Å²) in [6.07, 6.45) is 0. The Hall–Kier alpha value is -3.55. The van der Waals surface area contributed by atoms with Crippen molar-refractivity contribution in [2.45, 2.75) is 10.9 Å². The Bertz CT molecular complexity index is 1190. The van der Waals surface area contributed by atoms with Gasteiger partial charge in [-0.2, -0.15) is 4.31 Å². The van der Waals surface area contributed by atoms with E-state index in [9.17, 15) is 27.2 Å². The fourth-order valence-electron chi connectivity index (χ4n) is 3.60. The summed E-state index contributed by atoms with van der Waals surface area (Å²) in [6.45, 7) is 0.000391. The molecule has 13 heteroatoms. The first kappa shape index (κ1) is 27.0. The molecule has 0 bridgehead atoms. The SMILES string of the molecule is COCCNC(=O)C1CN(C(=O)Nc2ccc(C(=O)OC)cc2)CCN1S(=O)(=O)c1ccc(F)cc1. The van der Waals surface area contributed by atoms with Crippen LogP contribution in [0, 0.1) is 5.82 Å². The Morgan fingerprint density at radius 3 is 2.31 bits per heavy atom. The summed E-state index contributed by atoms with van der Waals surface area (Å²) in [6, 6.07) is 8.55. The summed E-state index contributed by atoms with van der Waals surface area (Å²) in [7, 11) is -1.43. The Labute approximate surface area is 208 Å². The van der Waals surface area contributed by atoms with Gasteiger partial charge in [0.1, 0.15) is 11.9 Å². The molecule has 2 aromatic rings. The van der Waals surface area contributed by atoms with Gasteiger partial charge in [0.2, 0.25) is 15.9 Å². The molecule has 2 N–H and O–H groups in total. The normalized spacial score (nSPS) is 16.3. The minimum atomic E-state index is -4.15. The summed E-state index contributed by atoms with van der Waals surface area (Å²) in [5.74, 6) is -1.71. The van der Waals surface area contributed by atoms with Crippen molar-refractivity contribution < 1.29 is 36.7 Å². The molecule has 1 aliphatic rings. The molecular formula is C23H27FN4O7S. The van der Waals surface area contributed by atoms with Crippen LogP contribution < -0.4 is 10.6 Å². The van der Waals surface area contributed by atoms with Crippen molar-refractivity contribution in [3.63, 3.8) is 0 Å². The van der Waals surface area contributed by atoms with Crippen LogP contribution in [0.4, 0.5) is 14.9 Å². The molecule has 1 fully saturated rings. The van der Waals surface area contributed by atoms with Crippen LogP contribution in [-0.2, 0) is 24.3 Å². The molecule has 1 atom stereocenters. The van der Waals surface area contributed by atoms with Crippen LogP contribution in [0.2, 0.25) is 0 Å². The van der Waals surface area contributed by atoms with Crippen LogP contribution in [-0.4, -0.2) is 88.6 Å². The number of nitrogens with zero attached hydrogens (tertiary/aromatic N) is 2. The van der Waals surface area contributed by atoms with Crippen molar-refractivity contribution in [2.24, 2.45) is 0 Å². The highest BCUT2D eigenvalue weighted by atomic mass is 32.2. The van der Waals surface area contributed by atoms with E-state index in [4.69, 9.17) is 4.74 Å². The molecule has 0 spiro atoms. The van der Waals surface area contributed by atoms with Crippen LogP contribution in [0.5, 0.6) is 0 Å². The number of benzene rings is 2. The highest BCUT2D eigenvalue weighted by Gasteiger charge is 2.41. The molecule has 11 nitrogen and oxygen atoms in total. The predicted octanol–water partition coefficient (Wildman–Crippen LogP) is 1.28. The van der Waals surface area contributed by atoms with E-state index in [1.54, 1.807) is 0 Å². The number of amides is 3. The maximum absolute atomic E-state index is 13.3. The average molecular weight is 523 g/mol. The predicted molar refractivity (Wildman–Crippen MR) is 127 cm³/mol. The fourth-order valence-corrected chi connectivity index (χ4v) is 5.17. The molecule has 3 rings (SSSR count). The number of hydrogen-bond donors (Lipinski definition) is 2. The van der Waals surface area contributed by atoms with Gasteiger partial charge in [-0.1, -0.05) is 0 Å². The van der Waals surface area contributed by atoms with Crippen LogP contribution in [0.25, 0.3) is 0 Å². The molecule has 1 unspecified atom stereocenters. The van der Waals surface area contributed by atoms with Crippen LogP contribution in [0.1, 0.15) is 10.4 Å². The number of methoxy groups -OCH3 is 2. The minimum absolute atomic E-state index is 0.00829. The third-order valence-electron chi connectivity index (χ3n) is 5.50. The quantitative estimate of drug-likeness (QED) is 0.394. The lowest BCUT2D eigenvalue weighted by molar-refractivity contribution is -0.126. The number of urea groups is 1. The third-order valence-corrected chi connectivity index (χ3v) is 7.43. The molecule has 0 saturated carbocycles. The second-order valence-electron chi connectivity index (χ2n) is 7.81. The molecular weight excluding hydrogens is 495 g/mol. The Kier molecular flexibility index (Phi) is 8.96. The van der Waals surface area contributed by atoms with Gasteiger partial charge in [0.05, 0.1) is 24.2 Å². The Morgan fingerprint density at radius 2 is 1.69 bits per heavy atom. The van der Waals surface area contributed by atoms with Gasteiger partial charge in [-0.05, 0) is 48.5 Å². The number of rotatable bonds is 8. The average Bonchev–Trinajstić information content (AvgIpc) is 2.88. The number of carbonyl (C=O) groups excluding carboxylic acids is 3. The van der Waals surface area contributed by atoms with E-state index in [0.29, 0.717) is 11.3 Å². The smallest absolute Gasteiger partial charge is 0.337 e. The summed E-state index contributed by atoms with van der Waals surface area (Å²) in [5, 5.41) is 5.29. The molecule has 2 aromatic carbocycles. The zero-order chi connectivity index (χ0) is 26.3. The zero-order valence-electron chi connectivity index (χ0n) is 19.8. The lowest BCUT2D eigenvalue weighted by atomic mass is 10.2. The molecule has 0 aromatic heterocycles. The van der Waals surface area contributed by atoms with Crippen molar-refractivity contribution in [3.05, 3.63) is 59.9 Å². The number of esters is 1. The van der Waals surface area contributed by atoms with Gasteiger partial charge in [-0.15, -0.1) is 0 Å². The monoisotopic (exact) mass is 522 g/mol. The van der Waals surface area contributed by atoms with E-state index in [-0.39, 0.29) is 37.7 Å².